The molecule has 1 aromatic rings. The van der Waals surface area contributed by atoms with Gasteiger partial charge in [-0.1, -0.05) is 0 Å². The van der Waals surface area contributed by atoms with Crippen LogP contribution in [0.1, 0.15) is 27.7 Å². The maximum absolute atomic E-state index is 13.7. The van der Waals surface area contributed by atoms with E-state index >= 15 is 0 Å². The first-order valence-electron chi connectivity index (χ1n) is 7.23. The van der Waals surface area contributed by atoms with Gasteiger partial charge in [-0.15, -0.1) is 0 Å². The highest BCUT2D eigenvalue weighted by molar-refractivity contribution is 14.1. The topological polar surface area (TPSA) is 45.7 Å². The van der Waals surface area contributed by atoms with E-state index in [1.54, 1.807) is 4.90 Å². The third-order valence-corrected chi connectivity index (χ3v) is 4.17. The lowest BCUT2D eigenvalue weighted by Gasteiger charge is -2.40. The second-order valence-corrected chi connectivity index (χ2v) is 7.59. The normalized spacial score (nSPS) is 19.3. The molecule has 22 heavy (non-hydrogen) atoms. The highest BCUT2D eigenvalue weighted by Crippen LogP contribution is 2.21. The van der Waals surface area contributed by atoms with E-state index in [-0.39, 0.29) is 18.0 Å². The van der Waals surface area contributed by atoms with Gasteiger partial charge in [-0.2, -0.15) is 0 Å². The monoisotopic (exact) mass is 421 g/mol. The molecule has 2 rings (SSSR count). The Hall–Kier alpha value is -1.12. The second-order valence-electron chi connectivity index (χ2n) is 6.43. The molecule has 0 aromatic carbocycles. The zero-order valence-electron chi connectivity index (χ0n) is 13.3. The van der Waals surface area contributed by atoms with E-state index < -0.39 is 5.60 Å². The fourth-order valence-electron chi connectivity index (χ4n) is 2.33. The first-order chi connectivity index (χ1) is 10.2. The summed E-state index contributed by atoms with van der Waals surface area (Å²) >= 11 is 1.91. The lowest BCUT2D eigenvalue weighted by molar-refractivity contribution is 0.0158. The Balaban J connectivity index is 2.03. The van der Waals surface area contributed by atoms with Gasteiger partial charge in [-0.25, -0.2) is 14.2 Å². The van der Waals surface area contributed by atoms with Gasteiger partial charge < -0.3 is 14.5 Å². The van der Waals surface area contributed by atoms with Crippen LogP contribution in [0.3, 0.4) is 0 Å². The standard InChI is InChI=1S/C15H21FIN3O2/c1-10-9-19(13-7-11(16)12(17)8-18-13)5-6-20(10)14(21)22-15(2,3)4/h7-8,10H,5-6,9H2,1-4H3. The minimum absolute atomic E-state index is 0.0206. The van der Waals surface area contributed by atoms with Crippen molar-refractivity contribution in [2.24, 2.45) is 0 Å². The number of aromatic nitrogens is 1. The average molecular weight is 421 g/mol. The average Bonchev–Trinajstić information content (AvgIpc) is 2.39. The van der Waals surface area contributed by atoms with Crippen molar-refractivity contribution in [2.45, 2.75) is 39.3 Å². The van der Waals surface area contributed by atoms with Crippen molar-refractivity contribution >= 4 is 34.5 Å². The van der Waals surface area contributed by atoms with Gasteiger partial charge in [0.15, 0.2) is 0 Å². The van der Waals surface area contributed by atoms with Crippen molar-refractivity contribution in [1.82, 2.24) is 9.88 Å². The molecule has 5 nitrogen and oxygen atoms in total. The van der Waals surface area contributed by atoms with E-state index in [1.807, 2.05) is 55.2 Å². The number of hydrogen-bond acceptors (Lipinski definition) is 4. The number of halogens is 2. The molecule has 0 spiro atoms. The number of nitrogens with zero attached hydrogens (tertiary/aromatic N) is 3. The number of rotatable bonds is 1. The Kier molecular flexibility index (Phi) is 5.14. The summed E-state index contributed by atoms with van der Waals surface area (Å²) in [6, 6.07) is 1.42. The van der Waals surface area contributed by atoms with E-state index in [0.717, 1.165) is 0 Å². The van der Waals surface area contributed by atoms with E-state index in [4.69, 9.17) is 4.74 Å². The maximum Gasteiger partial charge on any atom is 0.410 e. The fourth-order valence-corrected chi connectivity index (χ4v) is 2.63. The molecule has 1 saturated heterocycles. The summed E-state index contributed by atoms with van der Waals surface area (Å²) in [5, 5.41) is 0. The second kappa shape index (κ2) is 6.55. The molecule has 1 fully saturated rings. The Morgan fingerprint density at radius 3 is 2.68 bits per heavy atom. The van der Waals surface area contributed by atoms with Gasteiger partial charge in [0.05, 0.1) is 3.57 Å². The number of amides is 1. The highest BCUT2D eigenvalue weighted by atomic mass is 127. The van der Waals surface area contributed by atoms with E-state index in [1.165, 1.54) is 12.3 Å². The zero-order chi connectivity index (χ0) is 16.5. The number of hydrogen-bond donors (Lipinski definition) is 0. The lowest BCUT2D eigenvalue weighted by atomic mass is 10.2. The molecule has 122 valence electrons. The van der Waals surface area contributed by atoms with Crippen LogP contribution in [0.5, 0.6) is 0 Å². The van der Waals surface area contributed by atoms with E-state index in [2.05, 4.69) is 4.98 Å². The molecule has 1 aliphatic heterocycles. The van der Waals surface area contributed by atoms with Crippen LogP contribution >= 0.6 is 22.6 Å². The molecule has 2 heterocycles. The molecule has 1 aromatic heterocycles. The summed E-state index contributed by atoms with van der Waals surface area (Å²) in [5.41, 5.74) is -0.505. The SMILES string of the molecule is CC1CN(c2cc(F)c(I)cn2)CCN1C(=O)OC(C)(C)C. The molecular weight excluding hydrogens is 400 g/mol. The van der Waals surface area contributed by atoms with Crippen LogP contribution in [0, 0.1) is 9.39 Å². The van der Waals surface area contributed by atoms with Crippen LogP contribution in [-0.4, -0.2) is 47.3 Å². The van der Waals surface area contributed by atoms with Crippen LogP contribution in [0.15, 0.2) is 12.3 Å². The smallest absolute Gasteiger partial charge is 0.410 e. The first-order valence-corrected chi connectivity index (χ1v) is 8.31. The van der Waals surface area contributed by atoms with Crippen molar-refractivity contribution in [3.63, 3.8) is 0 Å². The van der Waals surface area contributed by atoms with E-state index in [0.29, 0.717) is 29.0 Å². The molecule has 0 aliphatic carbocycles. The predicted molar refractivity (Wildman–Crippen MR) is 91.5 cm³/mol. The number of carbonyl (C=O) groups is 1. The zero-order valence-corrected chi connectivity index (χ0v) is 15.4. The maximum atomic E-state index is 13.7. The van der Waals surface area contributed by atoms with Crippen LogP contribution in [0.25, 0.3) is 0 Å². The highest BCUT2D eigenvalue weighted by Gasteiger charge is 2.31. The van der Waals surface area contributed by atoms with Crippen molar-refractivity contribution in [3.8, 4) is 0 Å². The number of piperazine rings is 1. The summed E-state index contributed by atoms with van der Waals surface area (Å²) in [5.74, 6) is 0.335. The minimum atomic E-state index is -0.505. The van der Waals surface area contributed by atoms with Gasteiger partial charge in [0.2, 0.25) is 0 Å². The van der Waals surface area contributed by atoms with Gasteiger partial charge >= 0.3 is 6.09 Å². The Morgan fingerprint density at radius 1 is 1.45 bits per heavy atom. The third-order valence-electron chi connectivity index (χ3n) is 3.37. The van der Waals surface area contributed by atoms with Crippen LogP contribution in [0.4, 0.5) is 15.0 Å². The molecule has 0 saturated carbocycles. The molecule has 1 amide bonds. The summed E-state index contributed by atoms with van der Waals surface area (Å²) in [4.78, 5) is 20.1. The van der Waals surface area contributed by atoms with E-state index in [9.17, 15) is 9.18 Å². The quantitative estimate of drug-likeness (QED) is 0.654. The van der Waals surface area contributed by atoms with Crippen LogP contribution < -0.4 is 4.90 Å². The lowest BCUT2D eigenvalue weighted by Crippen LogP contribution is -2.55. The van der Waals surface area contributed by atoms with Crippen LogP contribution in [0.2, 0.25) is 0 Å². The number of anilines is 1. The minimum Gasteiger partial charge on any atom is -0.444 e. The molecule has 0 radical (unpaired) electrons. The molecule has 1 aliphatic rings. The number of pyridine rings is 1. The first kappa shape index (κ1) is 17.2. The van der Waals surface area contributed by atoms with Crippen molar-refractivity contribution in [2.75, 3.05) is 24.5 Å². The van der Waals surface area contributed by atoms with Gasteiger partial charge in [-0.3, -0.25) is 0 Å². The summed E-state index contributed by atoms with van der Waals surface area (Å²) in [6.07, 6.45) is 1.22. The van der Waals surface area contributed by atoms with Gasteiger partial charge in [0, 0.05) is 37.9 Å². The Morgan fingerprint density at radius 2 is 2.14 bits per heavy atom. The number of carbonyl (C=O) groups excluding carboxylic acids is 1. The van der Waals surface area contributed by atoms with Crippen LogP contribution in [-0.2, 0) is 4.74 Å². The predicted octanol–water partition coefficient (Wildman–Crippen LogP) is 3.27. The summed E-state index contributed by atoms with van der Waals surface area (Å²) < 4.78 is 19.6. The third kappa shape index (κ3) is 4.21. The summed E-state index contributed by atoms with van der Waals surface area (Å²) in [7, 11) is 0. The number of ether oxygens (including phenoxy) is 1. The molecule has 0 N–H and O–H groups in total. The van der Waals surface area contributed by atoms with Crippen molar-refractivity contribution in [1.29, 1.82) is 0 Å². The molecule has 1 unspecified atom stereocenters. The molecule has 1 atom stereocenters. The molecular formula is C15H21FIN3O2. The Labute approximate surface area is 144 Å². The van der Waals surface area contributed by atoms with Crippen molar-refractivity contribution < 1.29 is 13.9 Å². The van der Waals surface area contributed by atoms with Gasteiger partial charge in [0.25, 0.3) is 0 Å². The molecule has 7 heteroatoms. The van der Waals surface area contributed by atoms with Crippen molar-refractivity contribution in [3.05, 3.63) is 21.7 Å². The van der Waals surface area contributed by atoms with Gasteiger partial charge in [0.1, 0.15) is 17.2 Å². The Bertz CT molecular complexity index is 562. The molecule has 0 bridgehead atoms. The van der Waals surface area contributed by atoms with Gasteiger partial charge in [-0.05, 0) is 50.3 Å². The largest absolute Gasteiger partial charge is 0.444 e. The summed E-state index contributed by atoms with van der Waals surface area (Å²) in [6.45, 7) is 9.26. The fraction of sp³-hybridized carbons (Fsp3) is 0.600.